The van der Waals surface area contributed by atoms with E-state index in [1.165, 1.54) is 12.1 Å². The van der Waals surface area contributed by atoms with Gasteiger partial charge in [-0.2, -0.15) is 0 Å². The van der Waals surface area contributed by atoms with E-state index in [-0.39, 0.29) is 5.82 Å². The summed E-state index contributed by atoms with van der Waals surface area (Å²) in [4.78, 5) is 3.25. The van der Waals surface area contributed by atoms with E-state index < -0.39 is 0 Å². The van der Waals surface area contributed by atoms with E-state index in [2.05, 4.69) is 10.3 Å². The van der Waals surface area contributed by atoms with Crippen molar-refractivity contribution in [3.63, 3.8) is 0 Å². The predicted molar refractivity (Wildman–Crippen MR) is 64.2 cm³/mol. The summed E-state index contributed by atoms with van der Waals surface area (Å²) < 4.78 is 18.6. The minimum absolute atomic E-state index is 0.263. The highest BCUT2D eigenvalue weighted by molar-refractivity contribution is 5.92. The van der Waals surface area contributed by atoms with Crippen LogP contribution in [-0.2, 0) is 0 Å². The Morgan fingerprint density at radius 1 is 1.24 bits per heavy atom. The topological polar surface area (TPSA) is 35.2 Å². The number of halogens is 1. The Bertz CT molecular complexity index is 463. The molecular weight excluding hydrogens is 219 g/mol. The normalized spacial score (nSPS) is 16.1. The second kappa shape index (κ2) is 4.99. The van der Waals surface area contributed by atoms with E-state index in [0.29, 0.717) is 5.75 Å². The molecule has 1 heterocycles. The van der Waals surface area contributed by atoms with E-state index >= 15 is 0 Å². The molecule has 0 aliphatic carbocycles. The van der Waals surface area contributed by atoms with Crippen LogP contribution < -0.4 is 15.0 Å². The van der Waals surface area contributed by atoms with E-state index in [9.17, 15) is 4.39 Å². The van der Waals surface area contributed by atoms with Crippen LogP contribution >= 0.6 is 0 Å². The number of hydrogen-bond donors (Lipinski definition) is 2. The summed E-state index contributed by atoms with van der Waals surface area (Å²) in [6.07, 6.45) is 0. The van der Waals surface area contributed by atoms with Crippen molar-refractivity contribution in [2.45, 2.75) is 13.8 Å². The summed E-state index contributed by atoms with van der Waals surface area (Å²) in [5.41, 5.74) is 1.97. The van der Waals surface area contributed by atoms with Crippen molar-refractivity contribution in [2.24, 2.45) is 0 Å². The van der Waals surface area contributed by atoms with Gasteiger partial charge in [0.2, 0.25) is 11.5 Å². The zero-order valence-electron chi connectivity index (χ0n) is 10.0. The molecule has 0 radical (unpaired) electrons. The number of benzene rings is 1. The summed E-state index contributed by atoms with van der Waals surface area (Å²) in [7, 11) is 0. The fourth-order valence-corrected chi connectivity index (χ4v) is 1.72. The first-order chi connectivity index (χ1) is 8.16. The minimum Gasteiger partial charge on any atom is -0.449 e. The summed E-state index contributed by atoms with van der Waals surface area (Å²) in [5, 5.41) is 3.25. The molecule has 0 spiro atoms. The van der Waals surface area contributed by atoms with Gasteiger partial charge in [0.1, 0.15) is 11.6 Å². The zero-order valence-corrected chi connectivity index (χ0v) is 10.0. The summed E-state index contributed by atoms with van der Waals surface area (Å²) in [5.74, 6) is 1.14. The van der Waals surface area contributed by atoms with Gasteiger partial charge in [0.25, 0.3) is 0 Å². The number of hydrogen-bond acceptors (Lipinski definition) is 2. The third kappa shape index (κ3) is 2.84. The lowest BCUT2D eigenvalue weighted by Gasteiger charge is -2.09. The Labute approximate surface area is 100 Å². The van der Waals surface area contributed by atoms with Crippen LogP contribution in [0, 0.1) is 5.82 Å². The molecule has 1 aliphatic heterocycles. The van der Waals surface area contributed by atoms with E-state index in [0.717, 1.165) is 30.3 Å². The lowest BCUT2D eigenvalue weighted by molar-refractivity contribution is -0.454. The quantitative estimate of drug-likeness (QED) is 0.786. The first-order valence-electron chi connectivity index (χ1n) is 5.63. The van der Waals surface area contributed by atoms with Crippen LogP contribution in [0.5, 0.6) is 5.75 Å². The molecule has 1 aromatic rings. The first kappa shape index (κ1) is 11.6. The largest absolute Gasteiger partial charge is 0.449 e. The van der Waals surface area contributed by atoms with Gasteiger partial charge in [-0.15, -0.1) is 0 Å². The molecule has 1 aliphatic rings. The number of ether oxygens (including phenoxy) is 1. The zero-order chi connectivity index (χ0) is 12.3. The van der Waals surface area contributed by atoms with Gasteiger partial charge in [-0.05, 0) is 31.2 Å². The van der Waals surface area contributed by atoms with Gasteiger partial charge in [-0.25, -0.2) is 9.38 Å². The van der Waals surface area contributed by atoms with Crippen molar-refractivity contribution in [2.75, 3.05) is 13.1 Å². The summed E-state index contributed by atoms with van der Waals surface area (Å²) >= 11 is 0. The van der Waals surface area contributed by atoms with Crippen LogP contribution in [0.2, 0.25) is 0 Å². The molecule has 90 valence electrons. The molecule has 0 amide bonds. The van der Waals surface area contributed by atoms with Crippen LogP contribution in [0.3, 0.4) is 0 Å². The smallest absolute Gasteiger partial charge is 0.216 e. The maximum absolute atomic E-state index is 12.8. The Balaban J connectivity index is 2.24. The lowest BCUT2D eigenvalue weighted by Crippen LogP contribution is -2.73. The molecule has 2 N–H and O–H groups in total. The SMILES string of the molecule is CC1=[NH+]CCNC(C)=C1Oc1ccc(F)cc1. The Kier molecular flexibility index (Phi) is 3.42. The maximum atomic E-state index is 12.8. The highest BCUT2D eigenvalue weighted by Crippen LogP contribution is 2.16. The Morgan fingerprint density at radius 2 is 1.94 bits per heavy atom. The molecule has 0 bridgehead atoms. The standard InChI is InChI=1S/C13H15FN2O/c1-9-13(10(2)16-8-7-15-9)17-12-5-3-11(14)4-6-12/h3-6,15H,7-8H2,1-2H3/p+1. The fraction of sp³-hybridized carbons (Fsp3) is 0.308. The van der Waals surface area contributed by atoms with Crippen molar-refractivity contribution >= 4 is 5.71 Å². The average Bonchev–Trinajstić information content (AvgIpc) is 2.47. The molecule has 0 fully saturated rings. The van der Waals surface area contributed by atoms with Crippen molar-refractivity contribution in [1.29, 1.82) is 0 Å². The summed E-state index contributed by atoms with van der Waals surface area (Å²) in [6, 6.07) is 6.01. The Morgan fingerprint density at radius 3 is 2.65 bits per heavy atom. The molecular formula is C13H16FN2O+. The average molecular weight is 235 g/mol. The van der Waals surface area contributed by atoms with Gasteiger partial charge in [0.05, 0.1) is 12.2 Å². The predicted octanol–water partition coefficient (Wildman–Crippen LogP) is 0.581. The van der Waals surface area contributed by atoms with Crippen molar-refractivity contribution < 1.29 is 14.1 Å². The third-order valence-electron chi connectivity index (χ3n) is 2.62. The van der Waals surface area contributed by atoms with Gasteiger partial charge >= 0.3 is 0 Å². The number of allylic oxidation sites excluding steroid dienone is 2. The van der Waals surface area contributed by atoms with Gasteiger partial charge in [0.15, 0.2) is 6.54 Å². The molecule has 3 nitrogen and oxygen atoms in total. The molecule has 4 heteroatoms. The van der Waals surface area contributed by atoms with Gasteiger partial charge in [-0.1, -0.05) is 0 Å². The monoisotopic (exact) mass is 235 g/mol. The van der Waals surface area contributed by atoms with Crippen molar-refractivity contribution in [1.82, 2.24) is 5.32 Å². The molecule has 0 saturated carbocycles. The van der Waals surface area contributed by atoms with Gasteiger partial charge in [0, 0.05) is 6.92 Å². The van der Waals surface area contributed by atoms with Crippen LogP contribution in [-0.4, -0.2) is 18.8 Å². The molecule has 0 atom stereocenters. The lowest BCUT2D eigenvalue weighted by atomic mass is 10.2. The number of nitrogens with one attached hydrogen (secondary N) is 2. The molecule has 1 aromatic carbocycles. The molecule has 17 heavy (non-hydrogen) atoms. The molecule has 2 rings (SSSR count). The van der Waals surface area contributed by atoms with Crippen LogP contribution in [0.1, 0.15) is 13.8 Å². The Hall–Kier alpha value is -1.84. The molecule has 0 unspecified atom stereocenters. The minimum atomic E-state index is -0.263. The van der Waals surface area contributed by atoms with E-state index in [4.69, 9.17) is 4.74 Å². The van der Waals surface area contributed by atoms with Crippen molar-refractivity contribution in [3.05, 3.63) is 41.5 Å². The van der Waals surface area contributed by atoms with Crippen LogP contribution in [0.4, 0.5) is 4.39 Å². The fourth-order valence-electron chi connectivity index (χ4n) is 1.72. The van der Waals surface area contributed by atoms with Crippen molar-refractivity contribution in [3.8, 4) is 5.75 Å². The number of rotatable bonds is 2. The third-order valence-corrected chi connectivity index (χ3v) is 2.62. The molecule has 0 saturated heterocycles. The van der Waals surface area contributed by atoms with E-state index in [1.54, 1.807) is 12.1 Å². The van der Waals surface area contributed by atoms with Gasteiger partial charge < -0.3 is 10.1 Å². The van der Waals surface area contributed by atoms with Crippen LogP contribution in [0.15, 0.2) is 35.7 Å². The molecule has 0 aromatic heterocycles. The highest BCUT2D eigenvalue weighted by Gasteiger charge is 2.17. The first-order valence-corrected chi connectivity index (χ1v) is 5.63. The highest BCUT2D eigenvalue weighted by atomic mass is 19.1. The maximum Gasteiger partial charge on any atom is 0.216 e. The second-order valence-corrected chi connectivity index (χ2v) is 3.99. The van der Waals surface area contributed by atoms with E-state index in [1.807, 2.05) is 13.8 Å². The summed E-state index contributed by atoms with van der Waals surface area (Å²) in [6.45, 7) is 5.66. The second-order valence-electron chi connectivity index (χ2n) is 3.99. The van der Waals surface area contributed by atoms with Crippen LogP contribution in [0.25, 0.3) is 0 Å². The van der Waals surface area contributed by atoms with Gasteiger partial charge in [-0.3, -0.25) is 0 Å².